The van der Waals surface area contributed by atoms with E-state index in [1.54, 1.807) is 6.07 Å². The Hall–Kier alpha value is -1.09. The summed E-state index contributed by atoms with van der Waals surface area (Å²) < 4.78 is 13.1. The van der Waals surface area contributed by atoms with Crippen molar-refractivity contribution in [2.75, 3.05) is 0 Å². The zero-order chi connectivity index (χ0) is 10.7. The lowest BCUT2D eigenvalue weighted by Gasteiger charge is -2.15. The molecule has 0 fully saturated rings. The molecule has 0 unspecified atom stereocenters. The maximum absolute atomic E-state index is 13.1. The van der Waals surface area contributed by atoms with Crippen molar-refractivity contribution in [3.63, 3.8) is 0 Å². The summed E-state index contributed by atoms with van der Waals surface area (Å²) in [7, 11) is 0. The van der Waals surface area contributed by atoms with Crippen LogP contribution in [-0.2, 0) is 0 Å². The van der Waals surface area contributed by atoms with Crippen LogP contribution in [-0.4, -0.2) is 5.11 Å². The van der Waals surface area contributed by atoms with E-state index < -0.39 is 5.82 Å². The Morgan fingerprint density at radius 3 is 2.71 bits per heavy atom. The Labute approximate surface area is 83.6 Å². The van der Waals surface area contributed by atoms with Gasteiger partial charge in [0.15, 0.2) is 11.6 Å². The molecule has 1 atom stereocenters. The summed E-state index contributed by atoms with van der Waals surface area (Å²) >= 11 is 0. The van der Waals surface area contributed by atoms with Crippen LogP contribution in [0.1, 0.15) is 36.9 Å². The van der Waals surface area contributed by atoms with Gasteiger partial charge in [0.2, 0.25) is 0 Å². The van der Waals surface area contributed by atoms with Gasteiger partial charge in [0.25, 0.3) is 0 Å². The van der Waals surface area contributed by atoms with Gasteiger partial charge in [0.1, 0.15) is 0 Å². The molecule has 3 heteroatoms. The molecule has 0 bridgehead atoms. The average molecular weight is 197 g/mol. The standard InChI is InChI=1S/C11H16FNO/c1-3-4-9(13)10-7(2)5-6-8(12)11(10)14/h5-6,9,14H,3-4,13H2,1-2H3/t9-/m0/s1. The molecule has 0 aliphatic rings. The summed E-state index contributed by atoms with van der Waals surface area (Å²) in [6.45, 7) is 3.83. The van der Waals surface area contributed by atoms with Gasteiger partial charge in [-0.15, -0.1) is 0 Å². The summed E-state index contributed by atoms with van der Waals surface area (Å²) in [6.07, 6.45) is 1.66. The largest absolute Gasteiger partial charge is 0.505 e. The summed E-state index contributed by atoms with van der Waals surface area (Å²) in [5.41, 5.74) is 7.22. The van der Waals surface area contributed by atoms with Crippen molar-refractivity contribution in [1.82, 2.24) is 0 Å². The Morgan fingerprint density at radius 2 is 2.14 bits per heavy atom. The highest BCUT2D eigenvalue weighted by atomic mass is 19.1. The van der Waals surface area contributed by atoms with Crippen LogP contribution >= 0.6 is 0 Å². The van der Waals surface area contributed by atoms with Crippen LogP contribution in [0.25, 0.3) is 0 Å². The van der Waals surface area contributed by atoms with Gasteiger partial charge >= 0.3 is 0 Å². The summed E-state index contributed by atoms with van der Waals surface area (Å²) in [6, 6.07) is 2.61. The van der Waals surface area contributed by atoms with E-state index in [4.69, 9.17) is 5.73 Å². The first-order chi connectivity index (χ1) is 6.57. The first-order valence-electron chi connectivity index (χ1n) is 4.81. The van der Waals surface area contributed by atoms with Crippen LogP contribution in [0, 0.1) is 12.7 Å². The van der Waals surface area contributed by atoms with Gasteiger partial charge in [-0.2, -0.15) is 0 Å². The minimum absolute atomic E-state index is 0.282. The van der Waals surface area contributed by atoms with Crippen molar-refractivity contribution in [2.45, 2.75) is 32.7 Å². The van der Waals surface area contributed by atoms with E-state index in [-0.39, 0.29) is 11.8 Å². The molecule has 0 radical (unpaired) electrons. The smallest absolute Gasteiger partial charge is 0.165 e. The highest BCUT2D eigenvalue weighted by molar-refractivity contribution is 5.41. The normalized spacial score (nSPS) is 12.9. The van der Waals surface area contributed by atoms with Gasteiger partial charge in [0, 0.05) is 11.6 Å². The van der Waals surface area contributed by atoms with Crippen molar-refractivity contribution in [2.24, 2.45) is 5.73 Å². The number of phenols is 1. The molecule has 14 heavy (non-hydrogen) atoms. The number of aromatic hydroxyl groups is 1. The minimum atomic E-state index is -0.600. The van der Waals surface area contributed by atoms with Crippen molar-refractivity contribution in [1.29, 1.82) is 0 Å². The molecule has 2 nitrogen and oxygen atoms in total. The number of benzene rings is 1. The fraction of sp³-hybridized carbons (Fsp3) is 0.455. The van der Waals surface area contributed by atoms with E-state index in [9.17, 15) is 9.50 Å². The third kappa shape index (κ3) is 2.04. The molecule has 1 aromatic carbocycles. The van der Waals surface area contributed by atoms with Crippen LogP contribution in [0.2, 0.25) is 0 Å². The van der Waals surface area contributed by atoms with Crippen molar-refractivity contribution in [3.8, 4) is 5.75 Å². The molecule has 1 rings (SSSR count). The summed E-state index contributed by atoms with van der Waals surface area (Å²) in [4.78, 5) is 0. The van der Waals surface area contributed by atoms with Crippen LogP contribution in [0.15, 0.2) is 12.1 Å². The van der Waals surface area contributed by atoms with Crippen LogP contribution < -0.4 is 5.73 Å². The number of aryl methyl sites for hydroxylation is 1. The third-order valence-electron chi connectivity index (χ3n) is 2.36. The number of halogens is 1. The highest BCUT2D eigenvalue weighted by Crippen LogP contribution is 2.30. The monoisotopic (exact) mass is 197 g/mol. The first kappa shape index (κ1) is 11.0. The van der Waals surface area contributed by atoms with Crippen molar-refractivity contribution < 1.29 is 9.50 Å². The predicted octanol–water partition coefficient (Wildman–Crippen LogP) is 2.64. The van der Waals surface area contributed by atoms with E-state index in [2.05, 4.69) is 0 Å². The minimum Gasteiger partial charge on any atom is -0.505 e. The fourth-order valence-corrected chi connectivity index (χ4v) is 1.61. The molecular formula is C11H16FNO. The predicted molar refractivity (Wildman–Crippen MR) is 54.6 cm³/mol. The van der Waals surface area contributed by atoms with Gasteiger partial charge in [-0.3, -0.25) is 0 Å². The number of hydrogen-bond donors (Lipinski definition) is 2. The molecule has 0 aliphatic carbocycles. The highest BCUT2D eigenvalue weighted by Gasteiger charge is 2.15. The molecule has 0 saturated heterocycles. The molecule has 0 spiro atoms. The van der Waals surface area contributed by atoms with Crippen LogP contribution in [0.3, 0.4) is 0 Å². The quantitative estimate of drug-likeness (QED) is 0.782. The molecule has 1 aromatic rings. The Bertz CT molecular complexity index is 325. The second-order valence-electron chi connectivity index (χ2n) is 3.52. The zero-order valence-corrected chi connectivity index (χ0v) is 8.55. The molecule has 3 N–H and O–H groups in total. The zero-order valence-electron chi connectivity index (χ0n) is 8.55. The van der Waals surface area contributed by atoms with Gasteiger partial charge < -0.3 is 10.8 Å². The van der Waals surface area contributed by atoms with Crippen molar-refractivity contribution in [3.05, 3.63) is 29.1 Å². The average Bonchev–Trinajstić information content (AvgIpc) is 2.13. The Morgan fingerprint density at radius 1 is 1.50 bits per heavy atom. The number of phenolic OH excluding ortho intramolecular Hbond substituents is 1. The third-order valence-corrected chi connectivity index (χ3v) is 2.36. The topological polar surface area (TPSA) is 46.2 Å². The Kier molecular flexibility index (Phi) is 3.47. The molecule has 78 valence electrons. The SMILES string of the molecule is CCC[C@H](N)c1c(C)ccc(F)c1O. The lowest BCUT2D eigenvalue weighted by molar-refractivity contribution is 0.417. The van der Waals surface area contributed by atoms with Crippen molar-refractivity contribution >= 4 is 0 Å². The molecule has 0 aromatic heterocycles. The first-order valence-corrected chi connectivity index (χ1v) is 4.81. The lowest BCUT2D eigenvalue weighted by Crippen LogP contribution is -2.12. The number of hydrogen-bond acceptors (Lipinski definition) is 2. The van der Waals surface area contributed by atoms with E-state index in [0.717, 1.165) is 18.4 Å². The second-order valence-corrected chi connectivity index (χ2v) is 3.52. The lowest BCUT2D eigenvalue weighted by atomic mass is 9.97. The second kappa shape index (κ2) is 4.42. The molecule has 0 saturated carbocycles. The number of nitrogens with two attached hydrogens (primary N) is 1. The van der Waals surface area contributed by atoms with Crippen LogP contribution in [0.4, 0.5) is 4.39 Å². The van der Waals surface area contributed by atoms with E-state index in [1.165, 1.54) is 6.07 Å². The van der Waals surface area contributed by atoms with E-state index >= 15 is 0 Å². The fourth-order valence-electron chi connectivity index (χ4n) is 1.61. The van der Waals surface area contributed by atoms with Crippen LogP contribution in [0.5, 0.6) is 5.75 Å². The molecule has 0 heterocycles. The van der Waals surface area contributed by atoms with Gasteiger partial charge in [0.05, 0.1) is 0 Å². The summed E-state index contributed by atoms with van der Waals surface area (Å²) in [5, 5.41) is 9.52. The Balaban J connectivity index is 3.11. The van der Waals surface area contributed by atoms with Gasteiger partial charge in [-0.25, -0.2) is 4.39 Å². The molecule has 0 amide bonds. The maximum atomic E-state index is 13.1. The van der Waals surface area contributed by atoms with E-state index in [0.29, 0.717) is 5.56 Å². The van der Waals surface area contributed by atoms with Gasteiger partial charge in [-0.05, 0) is 25.0 Å². The van der Waals surface area contributed by atoms with Gasteiger partial charge in [-0.1, -0.05) is 19.4 Å². The van der Waals surface area contributed by atoms with E-state index in [1.807, 2.05) is 13.8 Å². The summed E-state index contributed by atoms with van der Waals surface area (Å²) in [5.74, 6) is -0.900. The molecular weight excluding hydrogens is 181 g/mol. The molecule has 0 aliphatic heterocycles. The maximum Gasteiger partial charge on any atom is 0.165 e. The number of rotatable bonds is 3.